The number of nitrogens with zero attached hydrogens (tertiary/aromatic N) is 2. The van der Waals surface area contributed by atoms with Crippen molar-refractivity contribution in [3.8, 4) is 21.7 Å². The molecule has 0 saturated heterocycles. The van der Waals surface area contributed by atoms with Crippen LogP contribution in [0.2, 0.25) is 0 Å². The van der Waals surface area contributed by atoms with Crippen molar-refractivity contribution in [3.63, 3.8) is 0 Å². The van der Waals surface area contributed by atoms with Gasteiger partial charge in [0, 0.05) is 55.4 Å². The molecule has 35 heavy (non-hydrogen) atoms. The Balaban J connectivity index is 1.43. The molecule has 1 amide bonds. The lowest BCUT2D eigenvalue weighted by atomic mass is 10.0. The largest absolute Gasteiger partial charge is 0.383 e. The highest BCUT2D eigenvalue weighted by atomic mass is 32.1. The number of nitrogens with one attached hydrogen (secondary N) is 3. The van der Waals surface area contributed by atoms with Gasteiger partial charge in [-0.25, -0.2) is 9.97 Å². The highest BCUT2D eigenvalue weighted by molar-refractivity contribution is 7.23. The normalized spacial score (nSPS) is 13.2. The van der Waals surface area contributed by atoms with Gasteiger partial charge in [0.25, 0.3) is 0 Å². The number of carbonyl (C=O) groups is 1. The van der Waals surface area contributed by atoms with Gasteiger partial charge in [-0.2, -0.15) is 4.39 Å². The zero-order valence-corrected chi connectivity index (χ0v) is 21.0. The molecule has 0 aliphatic carbocycles. The minimum Gasteiger partial charge on any atom is -0.383 e. The van der Waals surface area contributed by atoms with Crippen LogP contribution in [-0.2, 0) is 22.5 Å². The maximum Gasteiger partial charge on any atom is 0.226 e. The third-order valence-corrected chi connectivity index (χ3v) is 8.04. The zero-order valence-electron chi connectivity index (χ0n) is 19.3. The second kappa shape index (κ2) is 10.9. The summed E-state index contributed by atoms with van der Waals surface area (Å²) in [6.45, 7) is 3.64. The number of aromatic nitrogens is 2. The molecule has 0 fully saturated rings. The number of anilines is 1. The second-order valence-corrected chi connectivity index (χ2v) is 10.4. The Labute approximate surface area is 210 Å². The molecule has 10 heteroatoms. The van der Waals surface area contributed by atoms with Crippen LogP contribution in [0, 0.1) is 5.95 Å². The van der Waals surface area contributed by atoms with E-state index in [1.165, 1.54) is 16.5 Å². The van der Waals surface area contributed by atoms with Gasteiger partial charge in [-0.1, -0.05) is 6.07 Å². The molecule has 182 valence electrons. The monoisotopic (exact) mass is 511 g/mol. The van der Waals surface area contributed by atoms with Gasteiger partial charge in [-0.05, 0) is 48.4 Å². The van der Waals surface area contributed by atoms with Gasteiger partial charge in [0.2, 0.25) is 11.9 Å². The number of rotatable bonds is 9. The average Bonchev–Trinajstić information content (AvgIpc) is 3.44. The average molecular weight is 512 g/mol. The van der Waals surface area contributed by atoms with E-state index >= 15 is 0 Å². The number of thiazole rings is 1. The van der Waals surface area contributed by atoms with Crippen LogP contribution in [0.4, 0.5) is 9.39 Å². The Bertz CT molecular complexity index is 1340. The highest BCUT2D eigenvalue weighted by Gasteiger charge is 2.25. The smallest absolute Gasteiger partial charge is 0.226 e. The molecule has 4 heterocycles. The van der Waals surface area contributed by atoms with E-state index in [0.717, 1.165) is 63.0 Å². The van der Waals surface area contributed by atoms with Crippen LogP contribution in [0.5, 0.6) is 0 Å². The SMILES string of the molecule is COCCNCCC(=O)Nc1sc2c(c1-c1nc3ccc(-c4ccc(F)nc4)cc3s1)CCNC2. The summed E-state index contributed by atoms with van der Waals surface area (Å²) in [5, 5.41) is 11.5. The number of amides is 1. The predicted molar refractivity (Wildman–Crippen MR) is 140 cm³/mol. The van der Waals surface area contributed by atoms with Gasteiger partial charge in [-0.15, -0.1) is 22.7 Å². The number of halogens is 1. The molecule has 3 aromatic heterocycles. The molecule has 0 radical (unpaired) electrons. The molecule has 7 nitrogen and oxygen atoms in total. The Morgan fingerprint density at radius 2 is 2.09 bits per heavy atom. The zero-order chi connectivity index (χ0) is 24.2. The first-order valence-electron chi connectivity index (χ1n) is 11.5. The molecule has 3 N–H and O–H groups in total. The first-order chi connectivity index (χ1) is 17.1. The van der Waals surface area contributed by atoms with Gasteiger partial charge in [0.05, 0.1) is 16.8 Å². The number of ether oxygens (including phenoxy) is 1. The van der Waals surface area contributed by atoms with E-state index in [-0.39, 0.29) is 5.91 Å². The maximum atomic E-state index is 13.2. The van der Waals surface area contributed by atoms with Gasteiger partial charge in [-0.3, -0.25) is 4.79 Å². The lowest BCUT2D eigenvalue weighted by molar-refractivity contribution is -0.116. The fourth-order valence-corrected chi connectivity index (χ4v) is 6.48. The van der Waals surface area contributed by atoms with E-state index in [1.807, 2.05) is 12.1 Å². The summed E-state index contributed by atoms with van der Waals surface area (Å²) in [6, 6.07) is 9.12. The molecule has 0 saturated carbocycles. The molecule has 1 aliphatic rings. The van der Waals surface area contributed by atoms with Crippen molar-refractivity contribution in [2.24, 2.45) is 0 Å². The van der Waals surface area contributed by atoms with E-state index in [2.05, 4.69) is 27.0 Å². The number of thiophene rings is 1. The number of methoxy groups -OCH3 is 1. The van der Waals surface area contributed by atoms with Crippen LogP contribution in [0.25, 0.3) is 31.9 Å². The third-order valence-electron chi connectivity index (χ3n) is 5.86. The molecule has 0 atom stereocenters. The molecular formula is C25H26FN5O2S2. The van der Waals surface area contributed by atoms with Crippen LogP contribution in [0.1, 0.15) is 16.9 Å². The Morgan fingerprint density at radius 1 is 1.20 bits per heavy atom. The summed E-state index contributed by atoms with van der Waals surface area (Å²) in [5.41, 5.74) is 5.03. The summed E-state index contributed by atoms with van der Waals surface area (Å²) in [7, 11) is 1.66. The number of hydrogen-bond donors (Lipinski definition) is 3. The van der Waals surface area contributed by atoms with E-state index in [1.54, 1.807) is 42.0 Å². The quantitative estimate of drug-likeness (QED) is 0.228. The number of pyridine rings is 1. The number of fused-ring (bicyclic) bond motifs is 2. The fourth-order valence-electron chi connectivity index (χ4n) is 4.10. The molecule has 5 rings (SSSR count). The predicted octanol–water partition coefficient (Wildman–Crippen LogP) is 4.44. The second-order valence-electron chi connectivity index (χ2n) is 8.25. The van der Waals surface area contributed by atoms with E-state index in [9.17, 15) is 9.18 Å². The summed E-state index contributed by atoms with van der Waals surface area (Å²) in [6.07, 6.45) is 2.83. The van der Waals surface area contributed by atoms with E-state index in [4.69, 9.17) is 9.72 Å². The lowest BCUT2D eigenvalue weighted by Crippen LogP contribution is -2.24. The molecule has 0 unspecified atom stereocenters. The molecule has 1 aliphatic heterocycles. The van der Waals surface area contributed by atoms with Gasteiger partial charge >= 0.3 is 0 Å². The third kappa shape index (κ3) is 5.41. The first kappa shape index (κ1) is 24.0. The Kier molecular flexibility index (Phi) is 7.45. The first-order valence-corrected chi connectivity index (χ1v) is 13.1. The van der Waals surface area contributed by atoms with Crippen molar-refractivity contribution < 1.29 is 13.9 Å². The van der Waals surface area contributed by atoms with Crippen LogP contribution in [0.15, 0.2) is 36.5 Å². The van der Waals surface area contributed by atoms with E-state index in [0.29, 0.717) is 19.6 Å². The minimum absolute atomic E-state index is 0.0186. The number of benzene rings is 1. The Morgan fingerprint density at radius 3 is 2.91 bits per heavy atom. The van der Waals surface area contributed by atoms with Crippen molar-refractivity contribution >= 4 is 43.8 Å². The summed E-state index contributed by atoms with van der Waals surface area (Å²) >= 11 is 3.24. The summed E-state index contributed by atoms with van der Waals surface area (Å²) < 4.78 is 19.3. The molecular weight excluding hydrogens is 485 g/mol. The fraction of sp³-hybridized carbons (Fsp3) is 0.320. The standard InChI is InChI=1S/C25H26FN5O2S2/c1-33-11-10-27-9-7-22(32)31-25-23(17-6-8-28-14-20(17)35-25)24-30-18-4-2-15(12-19(18)34-24)16-3-5-21(26)29-13-16/h2-5,12-13,27-28H,6-11,14H2,1H3,(H,31,32). The van der Waals surface area contributed by atoms with Crippen molar-refractivity contribution in [1.82, 2.24) is 20.6 Å². The van der Waals surface area contributed by atoms with Crippen molar-refractivity contribution in [1.29, 1.82) is 0 Å². The summed E-state index contributed by atoms with van der Waals surface area (Å²) in [5.74, 6) is -0.512. The number of hydrogen-bond acceptors (Lipinski definition) is 8. The van der Waals surface area contributed by atoms with Crippen LogP contribution in [-0.4, -0.2) is 49.2 Å². The van der Waals surface area contributed by atoms with Crippen molar-refractivity contribution in [3.05, 3.63) is 52.9 Å². The van der Waals surface area contributed by atoms with Crippen molar-refractivity contribution in [2.75, 3.05) is 38.7 Å². The van der Waals surface area contributed by atoms with Crippen LogP contribution < -0.4 is 16.0 Å². The van der Waals surface area contributed by atoms with Gasteiger partial charge < -0.3 is 20.7 Å². The maximum absolute atomic E-state index is 13.2. The number of carbonyl (C=O) groups excluding carboxylic acids is 1. The topological polar surface area (TPSA) is 88.2 Å². The summed E-state index contributed by atoms with van der Waals surface area (Å²) in [4.78, 5) is 22.6. The minimum atomic E-state index is -0.494. The lowest BCUT2D eigenvalue weighted by Gasteiger charge is -2.13. The van der Waals surface area contributed by atoms with Gasteiger partial charge in [0.15, 0.2) is 0 Å². The van der Waals surface area contributed by atoms with Crippen molar-refractivity contribution in [2.45, 2.75) is 19.4 Å². The molecule has 0 spiro atoms. The highest BCUT2D eigenvalue weighted by Crippen LogP contribution is 2.45. The van der Waals surface area contributed by atoms with Gasteiger partial charge in [0.1, 0.15) is 10.0 Å². The molecule has 1 aromatic carbocycles. The van der Waals surface area contributed by atoms with Crippen LogP contribution >= 0.6 is 22.7 Å². The van der Waals surface area contributed by atoms with E-state index < -0.39 is 5.95 Å². The van der Waals surface area contributed by atoms with Crippen LogP contribution in [0.3, 0.4) is 0 Å². The molecule has 4 aromatic rings. The Hall–Kier alpha value is -2.76. The molecule has 0 bridgehead atoms.